The van der Waals surface area contributed by atoms with Crippen LogP contribution in [0.2, 0.25) is 0 Å². The summed E-state index contributed by atoms with van der Waals surface area (Å²) in [5.74, 6) is 0.880. The van der Waals surface area contributed by atoms with Crippen LogP contribution in [0.4, 0.5) is 0 Å². The summed E-state index contributed by atoms with van der Waals surface area (Å²) in [4.78, 5) is 0. The van der Waals surface area contributed by atoms with Gasteiger partial charge in [-0.15, -0.1) is 13.2 Å². The third-order valence-electron chi connectivity index (χ3n) is 2.90. The van der Waals surface area contributed by atoms with Gasteiger partial charge in [-0.05, 0) is 37.8 Å². The van der Waals surface area contributed by atoms with Crippen LogP contribution in [0.25, 0.3) is 0 Å². The van der Waals surface area contributed by atoms with Gasteiger partial charge in [0.2, 0.25) is 0 Å². The number of rotatable bonds is 11. The van der Waals surface area contributed by atoms with Crippen LogP contribution in [0.1, 0.15) is 25.7 Å². The van der Waals surface area contributed by atoms with E-state index in [1.165, 1.54) is 0 Å². The van der Waals surface area contributed by atoms with Crippen molar-refractivity contribution in [2.75, 3.05) is 13.2 Å². The summed E-state index contributed by atoms with van der Waals surface area (Å²) in [6, 6.07) is 5.19. The Bertz CT molecular complexity index is 412. The van der Waals surface area contributed by atoms with Crippen molar-refractivity contribution in [3.05, 3.63) is 43.5 Å². The maximum Gasteiger partial charge on any atom is 0.496 e. The second kappa shape index (κ2) is 10.1. The van der Waals surface area contributed by atoms with Crippen molar-refractivity contribution in [2.24, 2.45) is 0 Å². The van der Waals surface area contributed by atoms with E-state index in [9.17, 15) is 10.0 Å². The highest BCUT2D eigenvalue weighted by atomic mass is 16.5. The predicted molar refractivity (Wildman–Crippen MR) is 86.1 cm³/mol. The van der Waals surface area contributed by atoms with E-state index in [0.717, 1.165) is 25.7 Å². The number of hydrogen-bond acceptors (Lipinski definition) is 4. The maximum absolute atomic E-state index is 9.55. The third kappa shape index (κ3) is 6.06. The Morgan fingerprint density at radius 3 is 1.81 bits per heavy atom. The van der Waals surface area contributed by atoms with Crippen LogP contribution in [0.3, 0.4) is 0 Å². The molecule has 0 spiro atoms. The lowest BCUT2D eigenvalue weighted by atomic mass is 9.78. The molecule has 4 nitrogen and oxygen atoms in total. The highest BCUT2D eigenvalue weighted by Gasteiger charge is 2.22. The standard InChI is InChI=1S/C16H23BO4/c1-3-5-7-12-20-14-10-9-11-15(16(14)17(18)19)21-13-8-6-4-2/h3-4,9-11,18-19H,1-2,5-8,12-13H2. The Hall–Kier alpha value is -1.72. The largest absolute Gasteiger partial charge is 0.496 e. The Morgan fingerprint density at radius 2 is 1.43 bits per heavy atom. The molecule has 1 rings (SSSR count). The predicted octanol–water partition coefficient (Wildman–Crippen LogP) is 2.06. The summed E-state index contributed by atoms with van der Waals surface area (Å²) in [5.41, 5.74) is 0.273. The van der Waals surface area contributed by atoms with Gasteiger partial charge >= 0.3 is 7.12 Å². The molecule has 0 aromatic heterocycles. The molecule has 0 saturated heterocycles. The van der Waals surface area contributed by atoms with E-state index in [4.69, 9.17) is 9.47 Å². The Balaban J connectivity index is 2.73. The molecule has 0 fully saturated rings. The van der Waals surface area contributed by atoms with Crippen LogP contribution < -0.4 is 14.9 Å². The van der Waals surface area contributed by atoms with E-state index in [2.05, 4.69) is 13.2 Å². The molecular weight excluding hydrogens is 267 g/mol. The first-order chi connectivity index (χ1) is 10.2. The second-order valence-electron chi connectivity index (χ2n) is 4.60. The molecule has 0 saturated carbocycles. The van der Waals surface area contributed by atoms with Gasteiger partial charge < -0.3 is 19.5 Å². The quantitative estimate of drug-likeness (QED) is 0.372. The number of allylic oxidation sites excluding steroid dienone is 2. The first-order valence-corrected chi connectivity index (χ1v) is 7.17. The van der Waals surface area contributed by atoms with Gasteiger partial charge in [-0.25, -0.2) is 0 Å². The molecule has 0 bridgehead atoms. The minimum atomic E-state index is -1.63. The molecule has 0 atom stereocenters. The zero-order valence-corrected chi connectivity index (χ0v) is 12.3. The summed E-state index contributed by atoms with van der Waals surface area (Å²) in [6.45, 7) is 8.29. The Kier molecular flexibility index (Phi) is 8.32. The van der Waals surface area contributed by atoms with E-state index in [0.29, 0.717) is 24.7 Å². The number of benzene rings is 1. The monoisotopic (exact) mass is 290 g/mol. The molecule has 21 heavy (non-hydrogen) atoms. The van der Waals surface area contributed by atoms with Crippen molar-refractivity contribution in [1.82, 2.24) is 0 Å². The number of ether oxygens (including phenoxy) is 2. The molecule has 114 valence electrons. The summed E-state index contributed by atoms with van der Waals surface area (Å²) < 4.78 is 11.2. The van der Waals surface area contributed by atoms with Gasteiger partial charge in [-0.2, -0.15) is 0 Å². The van der Waals surface area contributed by atoms with E-state index >= 15 is 0 Å². The van der Waals surface area contributed by atoms with Crippen LogP contribution >= 0.6 is 0 Å². The molecule has 0 heterocycles. The Morgan fingerprint density at radius 1 is 0.952 bits per heavy atom. The molecule has 0 aliphatic rings. The fourth-order valence-electron chi connectivity index (χ4n) is 1.85. The molecule has 1 aromatic carbocycles. The molecule has 0 aliphatic carbocycles. The number of unbranched alkanes of at least 4 members (excludes halogenated alkanes) is 2. The van der Waals surface area contributed by atoms with E-state index in [1.54, 1.807) is 18.2 Å². The minimum Gasteiger partial charge on any atom is -0.494 e. The second-order valence-corrected chi connectivity index (χ2v) is 4.60. The van der Waals surface area contributed by atoms with Crippen molar-refractivity contribution in [2.45, 2.75) is 25.7 Å². The summed E-state index contributed by atoms with van der Waals surface area (Å²) in [7, 11) is -1.63. The van der Waals surface area contributed by atoms with Gasteiger partial charge in [-0.1, -0.05) is 18.2 Å². The van der Waals surface area contributed by atoms with Gasteiger partial charge in [0.05, 0.1) is 18.7 Å². The van der Waals surface area contributed by atoms with Crippen LogP contribution in [0.15, 0.2) is 43.5 Å². The van der Waals surface area contributed by atoms with Gasteiger partial charge in [0.15, 0.2) is 0 Å². The van der Waals surface area contributed by atoms with Gasteiger partial charge in [0.1, 0.15) is 11.5 Å². The SMILES string of the molecule is C=CCCCOc1cccc(OCCCC=C)c1B(O)O. The average molecular weight is 290 g/mol. The molecule has 1 aromatic rings. The van der Waals surface area contributed by atoms with Gasteiger partial charge in [0.25, 0.3) is 0 Å². The fraction of sp³-hybridized carbons (Fsp3) is 0.375. The zero-order valence-electron chi connectivity index (χ0n) is 12.3. The highest BCUT2D eigenvalue weighted by molar-refractivity contribution is 6.60. The van der Waals surface area contributed by atoms with Crippen molar-refractivity contribution >= 4 is 12.6 Å². The van der Waals surface area contributed by atoms with Crippen molar-refractivity contribution < 1.29 is 19.5 Å². The smallest absolute Gasteiger partial charge is 0.494 e. The van der Waals surface area contributed by atoms with E-state index < -0.39 is 7.12 Å². The molecule has 0 aliphatic heterocycles. The number of hydrogen-bond donors (Lipinski definition) is 2. The van der Waals surface area contributed by atoms with E-state index in [-0.39, 0.29) is 5.46 Å². The summed E-state index contributed by atoms with van der Waals surface area (Å²) >= 11 is 0. The Labute approximate surface area is 126 Å². The van der Waals surface area contributed by atoms with Crippen LogP contribution in [0, 0.1) is 0 Å². The molecule has 5 heteroatoms. The lowest BCUT2D eigenvalue weighted by Gasteiger charge is -2.15. The first kappa shape index (κ1) is 17.3. The van der Waals surface area contributed by atoms with E-state index in [1.807, 2.05) is 12.2 Å². The van der Waals surface area contributed by atoms with Gasteiger partial charge in [0, 0.05) is 0 Å². The minimum absolute atomic E-state index is 0.273. The normalized spacial score (nSPS) is 10.0. The average Bonchev–Trinajstić information content (AvgIpc) is 2.48. The van der Waals surface area contributed by atoms with Gasteiger partial charge in [-0.3, -0.25) is 0 Å². The fourth-order valence-corrected chi connectivity index (χ4v) is 1.85. The lowest BCUT2D eigenvalue weighted by molar-refractivity contribution is 0.298. The molecule has 0 radical (unpaired) electrons. The maximum atomic E-state index is 9.55. The topological polar surface area (TPSA) is 58.9 Å². The van der Waals surface area contributed by atoms with Crippen molar-refractivity contribution in [3.8, 4) is 11.5 Å². The van der Waals surface area contributed by atoms with Crippen LogP contribution in [0.5, 0.6) is 11.5 Å². The molecule has 0 amide bonds. The van der Waals surface area contributed by atoms with Crippen LogP contribution in [-0.4, -0.2) is 30.4 Å². The van der Waals surface area contributed by atoms with Crippen LogP contribution in [-0.2, 0) is 0 Å². The van der Waals surface area contributed by atoms with Crippen molar-refractivity contribution in [3.63, 3.8) is 0 Å². The van der Waals surface area contributed by atoms with Crippen molar-refractivity contribution in [1.29, 1.82) is 0 Å². The summed E-state index contributed by atoms with van der Waals surface area (Å²) in [6.07, 6.45) is 7.02. The molecule has 2 N–H and O–H groups in total. The molecular formula is C16H23BO4. The molecule has 0 unspecified atom stereocenters. The first-order valence-electron chi connectivity index (χ1n) is 7.17. The lowest BCUT2D eigenvalue weighted by Crippen LogP contribution is -2.33. The highest BCUT2D eigenvalue weighted by Crippen LogP contribution is 2.18. The third-order valence-corrected chi connectivity index (χ3v) is 2.90. The zero-order chi connectivity index (χ0) is 15.5. The summed E-state index contributed by atoms with van der Waals surface area (Å²) in [5, 5.41) is 19.1.